The lowest BCUT2D eigenvalue weighted by atomic mass is 10.1. The van der Waals surface area contributed by atoms with Crippen LogP contribution in [0, 0.1) is 12.7 Å². The second-order valence-electron chi connectivity index (χ2n) is 6.94. The summed E-state index contributed by atoms with van der Waals surface area (Å²) in [6.07, 6.45) is 0. The van der Waals surface area contributed by atoms with Crippen LogP contribution in [-0.2, 0) is 17.3 Å². The van der Waals surface area contributed by atoms with Gasteiger partial charge < -0.3 is 16.0 Å². The smallest absolute Gasteiger partial charge is 0.131 e. The van der Waals surface area contributed by atoms with E-state index in [1.807, 2.05) is 36.4 Å². The van der Waals surface area contributed by atoms with Crippen LogP contribution in [0.1, 0.15) is 11.1 Å². The molecule has 5 nitrogen and oxygen atoms in total. The van der Waals surface area contributed by atoms with E-state index in [0.29, 0.717) is 43.0 Å². The molecule has 1 aliphatic heterocycles. The summed E-state index contributed by atoms with van der Waals surface area (Å²) in [5, 5.41) is 4.20. The molecule has 0 spiro atoms. The molecule has 7 heteroatoms. The summed E-state index contributed by atoms with van der Waals surface area (Å²) >= 11 is 0. The van der Waals surface area contributed by atoms with E-state index in [2.05, 4.69) is 10.2 Å². The Morgan fingerprint density at radius 3 is 2.93 bits per heavy atom. The number of anilines is 2. The fraction of sp³-hybridized carbons (Fsp3) is 0.286. The van der Waals surface area contributed by atoms with Crippen molar-refractivity contribution in [3.05, 3.63) is 59.4 Å². The van der Waals surface area contributed by atoms with Gasteiger partial charge in [0.1, 0.15) is 11.6 Å². The molecule has 0 radical (unpaired) electrons. The van der Waals surface area contributed by atoms with Crippen molar-refractivity contribution >= 4 is 33.2 Å². The Kier molecular flexibility index (Phi) is 5.28. The molecule has 2 aromatic carbocycles. The van der Waals surface area contributed by atoms with Gasteiger partial charge in [-0.2, -0.15) is 0 Å². The third kappa shape index (κ3) is 3.59. The van der Waals surface area contributed by atoms with E-state index >= 15 is 0 Å². The van der Waals surface area contributed by atoms with E-state index in [4.69, 9.17) is 10.7 Å². The molecule has 0 saturated heterocycles. The zero-order valence-electron chi connectivity index (χ0n) is 15.7. The third-order valence-corrected chi connectivity index (χ3v) is 6.43. The summed E-state index contributed by atoms with van der Waals surface area (Å²) in [5.74, 6) is 0.998. The van der Waals surface area contributed by atoms with Gasteiger partial charge in [0.2, 0.25) is 0 Å². The molecule has 0 saturated carbocycles. The SMILES string of the molecule is Cc1cc2c(NCCN)cc(N3CCS(=O)c4ccccc4C3)nc2cc1F. The van der Waals surface area contributed by atoms with Crippen LogP contribution in [-0.4, -0.2) is 34.6 Å². The van der Waals surface area contributed by atoms with Crippen molar-refractivity contribution in [3.8, 4) is 0 Å². The minimum atomic E-state index is -1.03. The topological polar surface area (TPSA) is 71.2 Å². The third-order valence-electron chi connectivity index (χ3n) is 4.99. The quantitative estimate of drug-likeness (QED) is 0.706. The van der Waals surface area contributed by atoms with E-state index in [-0.39, 0.29) is 5.82 Å². The number of nitrogens with zero attached hydrogens (tertiary/aromatic N) is 2. The second kappa shape index (κ2) is 7.85. The summed E-state index contributed by atoms with van der Waals surface area (Å²) in [4.78, 5) is 7.71. The van der Waals surface area contributed by atoms with Crippen molar-refractivity contribution in [1.82, 2.24) is 4.98 Å². The van der Waals surface area contributed by atoms with Gasteiger partial charge in [0.05, 0.1) is 16.3 Å². The number of hydrogen-bond acceptors (Lipinski definition) is 5. The number of fused-ring (bicyclic) bond motifs is 2. The van der Waals surface area contributed by atoms with Gasteiger partial charge in [-0.25, -0.2) is 9.37 Å². The Labute approximate surface area is 166 Å². The zero-order valence-corrected chi connectivity index (χ0v) is 16.6. The van der Waals surface area contributed by atoms with Crippen molar-refractivity contribution in [2.24, 2.45) is 5.73 Å². The number of aryl methyl sites for hydroxylation is 1. The number of nitrogens with two attached hydrogens (primary N) is 1. The van der Waals surface area contributed by atoms with E-state index in [1.54, 1.807) is 6.92 Å². The van der Waals surface area contributed by atoms with Gasteiger partial charge in [-0.15, -0.1) is 0 Å². The average molecular weight is 399 g/mol. The number of rotatable bonds is 4. The monoisotopic (exact) mass is 398 g/mol. The number of benzene rings is 2. The number of pyridine rings is 1. The minimum absolute atomic E-state index is 0.274. The fourth-order valence-corrected chi connectivity index (χ4v) is 4.76. The van der Waals surface area contributed by atoms with Gasteiger partial charge in [-0.05, 0) is 30.2 Å². The molecule has 1 atom stereocenters. The average Bonchev–Trinajstić information content (AvgIpc) is 2.86. The molecule has 1 aromatic heterocycles. The predicted octanol–water partition coefficient (Wildman–Crippen LogP) is 3.18. The zero-order chi connectivity index (χ0) is 19.7. The van der Waals surface area contributed by atoms with Crippen molar-refractivity contribution in [1.29, 1.82) is 0 Å². The first-order valence-corrected chi connectivity index (χ1v) is 10.6. The first-order valence-electron chi connectivity index (χ1n) is 9.33. The highest BCUT2D eigenvalue weighted by molar-refractivity contribution is 7.85. The molecule has 0 amide bonds. The summed E-state index contributed by atoms with van der Waals surface area (Å²) < 4.78 is 26.8. The van der Waals surface area contributed by atoms with E-state index < -0.39 is 10.8 Å². The fourth-order valence-electron chi connectivity index (χ4n) is 3.50. The van der Waals surface area contributed by atoms with Crippen molar-refractivity contribution in [3.63, 3.8) is 0 Å². The molecule has 0 fully saturated rings. The molecule has 146 valence electrons. The molecular formula is C21H23FN4OS. The first kappa shape index (κ1) is 18.8. The molecule has 4 rings (SSSR count). The Morgan fingerprint density at radius 2 is 2.11 bits per heavy atom. The molecule has 1 aliphatic rings. The molecule has 3 aromatic rings. The molecule has 0 aliphatic carbocycles. The largest absolute Gasteiger partial charge is 0.383 e. The summed E-state index contributed by atoms with van der Waals surface area (Å²) in [5.41, 5.74) is 8.75. The van der Waals surface area contributed by atoms with Crippen molar-refractivity contribution < 1.29 is 8.60 Å². The Balaban J connectivity index is 1.80. The minimum Gasteiger partial charge on any atom is -0.383 e. The molecular weight excluding hydrogens is 375 g/mol. The maximum absolute atomic E-state index is 14.2. The number of halogens is 1. The van der Waals surface area contributed by atoms with Gasteiger partial charge in [0, 0.05) is 60.0 Å². The normalized spacial score (nSPS) is 16.7. The lowest BCUT2D eigenvalue weighted by molar-refractivity contribution is 0.620. The first-order chi connectivity index (χ1) is 13.6. The van der Waals surface area contributed by atoms with Crippen LogP contribution in [0.4, 0.5) is 15.9 Å². The molecule has 28 heavy (non-hydrogen) atoms. The van der Waals surface area contributed by atoms with Crippen LogP contribution in [0.2, 0.25) is 0 Å². The highest BCUT2D eigenvalue weighted by Crippen LogP contribution is 2.31. The van der Waals surface area contributed by atoms with E-state index in [1.165, 1.54) is 6.07 Å². The van der Waals surface area contributed by atoms with E-state index in [0.717, 1.165) is 27.4 Å². The van der Waals surface area contributed by atoms with Gasteiger partial charge in [0.25, 0.3) is 0 Å². The Hall–Kier alpha value is -2.51. The maximum atomic E-state index is 14.2. The molecule has 2 heterocycles. The standard InChI is InChI=1S/C21H23FN4OS/c1-14-10-16-18(24-7-6-23)12-21(25-19(16)11-17(14)22)26-8-9-28(27)20-5-3-2-4-15(20)13-26/h2-5,10-12H,6-9,13,23H2,1H3,(H,24,25). The summed E-state index contributed by atoms with van der Waals surface area (Å²) in [6, 6.07) is 13.1. The van der Waals surface area contributed by atoms with Gasteiger partial charge >= 0.3 is 0 Å². The number of aromatic nitrogens is 1. The van der Waals surface area contributed by atoms with Gasteiger partial charge in [-0.3, -0.25) is 4.21 Å². The van der Waals surface area contributed by atoms with Crippen molar-refractivity contribution in [2.75, 3.05) is 35.6 Å². The van der Waals surface area contributed by atoms with Crippen LogP contribution in [0.25, 0.3) is 10.9 Å². The highest BCUT2D eigenvalue weighted by Gasteiger charge is 2.21. The number of hydrogen-bond donors (Lipinski definition) is 2. The summed E-state index contributed by atoms with van der Waals surface area (Å²) in [6.45, 7) is 4.09. The predicted molar refractivity (Wildman–Crippen MR) is 113 cm³/mol. The summed E-state index contributed by atoms with van der Waals surface area (Å²) in [7, 11) is -1.03. The van der Waals surface area contributed by atoms with Crippen LogP contribution >= 0.6 is 0 Å². The molecule has 1 unspecified atom stereocenters. The lowest BCUT2D eigenvalue weighted by Crippen LogP contribution is -2.26. The second-order valence-corrected chi connectivity index (χ2v) is 8.48. The molecule has 0 bridgehead atoms. The van der Waals surface area contributed by atoms with E-state index in [9.17, 15) is 8.60 Å². The number of nitrogens with one attached hydrogen (secondary N) is 1. The van der Waals surface area contributed by atoms with Gasteiger partial charge in [-0.1, -0.05) is 18.2 Å². The van der Waals surface area contributed by atoms with Crippen LogP contribution < -0.4 is 16.0 Å². The Morgan fingerprint density at radius 1 is 1.29 bits per heavy atom. The van der Waals surface area contributed by atoms with Crippen molar-refractivity contribution in [2.45, 2.75) is 18.4 Å². The van der Waals surface area contributed by atoms with Crippen LogP contribution in [0.3, 0.4) is 0 Å². The maximum Gasteiger partial charge on any atom is 0.131 e. The Bertz CT molecular complexity index is 1060. The van der Waals surface area contributed by atoms with Gasteiger partial charge in [0.15, 0.2) is 0 Å². The van der Waals surface area contributed by atoms with Crippen LogP contribution in [0.5, 0.6) is 0 Å². The molecule has 3 N–H and O–H groups in total. The lowest BCUT2D eigenvalue weighted by Gasteiger charge is -2.23. The highest BCUT2D eigenvalue weighted by atomic mass is 32.2. The van der Waals surface area contributed by atoms with Crippen LogP contribution in [0.15, 0.2) is 47.4 Å².